The van der Waals surface area contributed by atoms with Crippen LogP contribution in [-0.4, -0.2) is 21.8 Å². The standard InChI is InChI=1S/C12H10N4O2/c13-11(17)8-4-6-14-7-10(8)16-12(18)9-3-1-2-5-15-9/h1-7H,(H2,13,17)(H,16,18). The third-order valence-corrected chi connectivity index (χ3v) is 2.23. The van der Waals surface area contributed by atoms with E-state index in [0.717, 1.165) is 0 Å². The van der Waals surface area contributed by atoms with Crippen LogP contribution in [0.4, 0.5) is 5.69 Å². The monoisotopic (exact) mass is 242 g/mol. The maximum Gasteiger partial charge on any atom is 0.274 e. The molecule has 2 aromatic rings. The summed E-state index contributed by atoms with van der Waals surface area (Å²) in [6, 6.07) is 6.40. The SMILES string of the molecule is NC(=O)c1ccncc1NC(=O)c1ccccn1. The van der Waals surface area contributed by atoms with E-state index in [0.29, 0.717) is 0 Å². The molecule has 0 atom stereocenters. The molecule has 2 heterocycles. The number of primary amides is 1. The van der Waals surface area contributed by atoms with Gasteiger partial charge in [-0.2, -0.15) is 0 Å². The maximum absolute atomic E-state index is 11.8. The number of rotatable bonds is 3. The Labute approximate surface area is 103 Å². The summed E-state index contributed by atoms with van der Waals surface area (Å²) in [4.78, 5) is 30.7. The zero-order valence-electron chi connectivity index (χ0n) is 9.33. The molecule has 0 bridgehead atoms. The van der Waals surface area contributed by atoms with Crippen LogP contribution in [0.1, 0.15) is 20.8 Å². The van der Waals surface area contributed by atoms with Gasteiger partial charge in [0.25, 0.3) is 11.8 Å². The van der Waals surface area contributed by atoms with Crippen LogP contribution >= 0.6 is 0 Å². The first-order valence-electron chi connectivity index (χ1n) is 5.14. The third kappa shape index (κ3) is 2.49. The van der Waals surface area contributed by atoms with E-state index in [9.17, 15) is 9.59 Å². The molecule has 18 heavy (non-hydrogen) atoms. The first-order valence-corrected chi connectivity index (χ1v) is 5.14. The highest BCUT2D eigenvalue weighted by atomic mass is 16.2. The Kier molecular flexibility index (Phi) is 3.29. The smallest absolute Gasteiger partial charge is 0.274 e. The summed E-state index contributed by atoms with van der Waals surface area (Å²) in [5.41, 5.74) is 5.91. The molecule has 0 unspecified atom stereocenters. The minimum Gasteiger partial charge on any atom is -0.366 e. The number of anilines is 1. The van der Waals surface area contributed by atoms with Crippen LogP contribution in [0.5, 0.6) is 0 Å². The molecule has 6 heteroatoms. The molecule has 0 aliphatic carbocycles. The van der Waals surface area contributed by atoms with Gasteiger partial charge in [-0.25, -0.2) is 0 Å². The number of carbonyl (C=O) groups excluding carboxylic acids is 2. The molecule has 6 nitrogen and oxygen atoms in total. The average Bonchev–Trinajstić information content (AvgIpc) is 2.40. The third-order valence-electron chi connectivity index (χ3n) is 2.23. The molecule has 0 spiro atoms. The molecular formula is C12H10N4O2. The summed E-state index contributed by atoms with van der Waals surface area (Å²) in [5.74, 6) is -1.06. The second-order valence-corrected chi connectivity index (χ2v) is 3.45. The normalized spacial score (nSPS) is 9.78. The largest absolute Gasteiger partial charge is 0.366 e. The molecule has 2 aromatic heterocycles. The lowest BCUT2D eigenvalue weighted by Gasteiger charge is -2.07. The van der Waals surface area contributed by atoms with Crippen LogP contribution in [-0.2, 0) is 0 Å². The van der Waals surface area contributed by atoms with Crippen molar-refractivity contribution in [2.75, 3.05) is 5.32 Å². The number of pyridine rings is 2. The minimum absolute atomic E-state index is 0.203. The van der Waals surface area contributed by atoms with Gasteiger partial charge in [-0.15, -0.1) is 0 Å². The van der Waals surface area contributed by atoms with Crippen LogP contribution in [0.3, 0.4) is 0 Å². The summed E-state index contributed by atoms with van der Waals surface area (Å²) < 4.78 is 0. The van der Waals surface area contributed by atoms with E-state index in [1.165, 1.54) is 24.7 Å². The van der Waals surface area contributed by atoms with E-state index < -0.39 is 11.8 Å². The fourth-order valence-corrected chi connectivity index (χ4v) is 1.39. The number of nitrogens with one attached hydrogen (secondary N) is 1. The summed E-state index contributed by atoms with van der Waals surface area (Å²) in [7, 11) is 0. The lowest BCUT2D eigenvalue weighted by Crippen LogP contribution is -2.19. The molecule has 90 valence electrons. The van der Waals surface area contributed by atoms with Gasteiger partial charge in [0.15, 0.2) is 0 Å². The van der Waals surface area contributed by atoms with E-state index in [1.807, 2.05) is 0 Å². The van der Waals surface area contributed by atoms with Crippen molar-refractivity contribution < 1.29 is 9.59 Å². The van der Waals surface area contributed by atoms with Crippen LogP contribution in [0.2, 0.25) is 0 Å². The molecule has 3 N–H and O–H groups in total. The molecule has 2 rings (SSSR count). The molecule has 0 fully saturated rings. The molecule has 2 amide bonds. The first kappa shape index (κ1) is 11.7. The van der Waals surface area contributed by atoms with Gasteiger partial charge in [-0.1, -0.05) is 6.07 Å². The van der Waals surface area contributed by atoms with Gasteiger partial charge >= 0.3 is 0 Å². The highest BCUT2D eigenvalue weighted by molar-refractivity contribution is 6.07. The van der Waals surface area contributed by atoms with Crippen molar-refractivity contribution in [1.29, 1.82) is 0 Å². The van der Waals surface area contributed by atoms with E-state index in [4.69, 9.17) is 5.73 Å². The molecular weight excluding hydrogens is 232 g/mol. The number of hydrogen-bond donors (Lipinski definition) is 2. The second-order valence-electron chi connectivity index (χ2n) is 3.45. The predicted octanol–water partition coefficient (Wildman–Crippen LogP) is 0.828. The molecule has 0 aliphatic rings. The first-order chi connectivity index (χ1) is 8.68. The number of nitrogens with zero attached hydrogens (tertiary/aromatic N) is 2. The highest BCUT2D eigenvalue weighted by Crippen LogP contribution is 2.13. The van der Waals surface area contributed by atoms with Crippen LogP contribution in [0.25, 0.3) is 0 Å². The highest BCUT2D eigenvalue weighted by Gasteiger charge is 2.12. The number of aromatic nitrogens is 2. The van der Waals surface area contributed by atoms with Crippen molar-refractivity contribution >= 4 is 17.5 Å². The topological polar surface area (TPSA) is 98.0 Å². The van der Waals surface area contributed by atoms with E-state index >= 15 is 0 Å². The van der Waals surface area contributed by atoms with E-state index in [-0.39, 0.29) is 16.9 Å². The van der Waals surface area contributed by atoms with Crippen molar-refractivity contribution in [1.82, 2.24) is 9.97 Å². The zero-order valence-corrected chi connectivity index (χ0v) is 9.33. The number of nitrogens with two attached hydrogens (primary N) is 1. The average molecular weight is 242 g/mol. The fourth-order valence-electron chi connectivity index (χ4n) is 1.39. The Bertz CT molecular complexity index is 584. The Balaban J connectivity index is 2.25. The molecule has 0 aliphatic heterocycles. The second kappa shape index (κ2) is 5.05. The summed E-state index contributed by atoms with van der Waals surface area (Å²) in [6.07, 6.45) is 4.30. The number of hydrogen-bond acceptors (Lipinski definition) is 4. The summed E-state index contributed by atoms with van der Waals surface area (Å²) in [6.45, 7) is 0. The lowest BCUT2D eigenvalue weighted by molar-refractivity contribution is 0.100. The van der Waals surface area contributed by atoms with Crippen LogP contribution in [0.15, 0.2) is 42.9 Å². The maximum atomic E-state index is 11.8. The van der Waals surface area contributed by atoms with Crippen molar-refractivity contribution in [3.63, 3.8) is 0 Å². The van der Waals surface area contributed by atoms with Crippen molar-refractivity contribution in [3.8, 4) is 0 Å². The van der Waals surface area contributed by atoms with Gasteiger partial charge in [0.2, 0.25) is 0 Å². The Morgan fingerprint density at radius 2 is 2.00 bits per heavy atom. The Hall–Kier alpha value is -2.76. The lowest BCUT2D eigenvalue weighted by atomic mass is 10.2. The van der Waals surface area contributed by atoms with Crippen LogP contribution < -0.4 is 11.1 Å². The van der Waals surface area contributed by atoms with Crippen molar-refractivity contribution in [2.45, 2.75) is 0 Å². The Morgan fingerprint density at radius 3 is 2.67 bits per heavy atom. The predicted molar refractivity (Wildman–Crippen MR) is 64.9 cm³/mol. The van der Waals surface area contributed by atoms with Crippen LogP contribution in [0, 0.1) is 0 Å². The van der Waals surface area contributed by atoms with Gasteiger partial charge in [0.05, 0.1) is 17.4 Å². The van der Waals surface area contributed by atoms with E-state index in [1.54, 1.807) is 18.2 Å². The molecule has 0 saturated carbocycles. The quantitative estimate of drug-likeness (QED) is 0.832. The van der Waals surface area contributed by atoms with Crippen molar-refractivity contribution in [2.24, 2.45) is 5.73 Å². The number of carbonyl (C=O) groups is 2. The van der Waals surface area contributed by atoms with Gasteiger partial charge in [0.1, 0.15) is 5.69 Å². The Morgan fingerprint density at radius 1 is 1.17 bits per heavy atom. The number of amides is 2. The molecule has 0 saturated heterocycles. The molecule has 0 radical (unpaired) electrons. The summed E-state index contributed by atoms with van der Waals surface area (Å²) in [5, 5.41) is 2.54. The van der Waals surface area contributed by atoms with Gasteiger partial charge in [-0.3, -0.25) is 19.6 Å². The van der Waals surface area contributed by atoms with Gasteiger partial charge in [0, 0.05) is 12.4 Å². The fraction of sp³-hybridized carbons (Fsp3) is 0. The summed E-state index contributed by atoms with van der Waals surface area (Å²) >= 11 is 0. The van der Waals surface area contributed by atoms with Gasteiger partial charge in [-0.05, 0) is 18.2 Å². The minimum atomic E-state index is -0.631. The van der Waals surface area contributed by atoms with E-state index in [2.05, 4.69) is 15.3 Å². The van der Waals surface area contributed by atoms with Crippen molar-refractivity contribution in [3.05, 3.63) is 54.1 Å². The molecule has 0 aromatic carbocycles. The zero-order chi connectivity index (χ0) is 13.0. The van der Waals surface area contributed by atoms with Gasteiger partial charge < -0.3 is 11.1 Å².